The number of nitro benzene ring substituents is 1. The lowest BCUT2D eigenvalue weighted by Crippen LogP contribution is -2.30. The van der Waals surface area contributed by atoms with Gasteiger partial charge in [-0.1, -0.05) is 0 Å². The molecule has 7 nitrogen and oxygen atoms in total. The average molecular weight is 350 g/mol. The van der Waals surface area contributed by atoms with Gasteiger partial charge in [0.25, 0.3) is 5.69 Å². The van der Waals surface area contributed by atoms with Gasteiger partial charge < -0.3 is 4.42 Å². The van der Waals surface area contributed by atoms with Gasteiger partial charge in [-0.2, -0.15) is 0 Å². The Morgan fingerprint density at radius 3 is 2.81 bits per heavy atom. The minimum atomic E-state index is -0.406. The van der Waals surface area contributed by atoms with E-state index in [1.165, 1.54) is 17.7 Å². The Morgan fingerprint density at radius 1 is 1.23 bits per heavy atom. The second-order valence-electron chi connectivity index (χ2n) is 6.42. The average Bonchev–Trinajstić information content (AvgIpc) is 3.10. The molecule has 7 heteroatoms. The molecule has 0 spiro atoms. The second kappa shape index (κ2) is 6.68. The molecule has 132 valence electrons. The lowest BCUT2D eigenvalue weighted by Gasteiger charge is -2.27. The molecular weight excluding hydrogens is 332 g/mol. The molecule has 0 fully saturated rings. The number of hydrogen-bond acceptors (Lipinski definition) is 6. The van der Waals surface area contributed by atoms with E-state index in [0.29, 0.717) is 12.3 Å². The number of aryl methyl sites for hydroxylation is 1. The van der Waals surface area contributed by atoms with Crippen molar-refractivity contribution in [3.05, 3.63) is 75.6 Å². The van der Waals surface area contributed by atoms with Crippen molar-refractivity contribution >= 4 is 5.69 Å². The summed E-state index contributed by atoms with van der Waals surface area (Å²) in [7, 11) is 0. The van der Waals surface area contributed by atoms with E-state index in [0.717, 1.165) is 42.4 Å². The number of benzene rings is 1. The summed E-state index contributed by atoms with van der Waals surface area (Å²) in [6, 6.07) is 10.2. The fraction of sp³-hybridized carbons (Fsp3) is 0.263. The summed E-state index contributed by atoms with van der Waals surface area (Å²) in [4.78, 5) is 21.4. The maximum absolute atomic E-state index is 10.7. The van der Waals surface area contributed by atoms with E-state index in [2.05, 4.69) is 14.9 Å². The van der Waals surface area contributed by atoms with Crippen molar-refractivity contribution < 1.29 is 9.34 Å². The monoisotopic (exact) mass is 350 g/mol. The predicted octanol–water partition coefficient (Wildman–Crippen LogP) is 3.51. The van der Waals surface area contributed by atoms with Gasteiger partial charge in [0, 0.05) is 54.7 Å². The number of non-ortho nitro benzene ring substituents is 1. The Labute approximate surface area is 150 Å². The first kappa shape index (κ1) is 16.4. The van der Waals surface area contributed by atoms with Gasteiger partial charge in [0.2, 0.25) is 0 Å². The molecular formula is C19H18N4O3. The molecule has 3 heterocycles. The molecule has 0 unspecified atom stereocenters. The lowest BCUT2D eigenvalue weighted by molar-refractivity contribution is -0.384. The molecule has 0 atom stereocenters. The number of nitrogens with zero attached hydrogens (tertiary/aromatic N) is 4. The number of nitro groups is 1. The molecule has 0 N–H and O–H groups in total. The van der Waals surface area contributed by atoms with Crippen LogP contribution >= 0.6 is 0 Å². The number of hydrogen-bond donors (Lipinski definition) is 0. The SMILES string of the molecule is Cc1ncc2c(n1)CCN(Cc1ccc(-c3ccc([N+](=O)[O-])cc3)o1)C2. The highest BCUT2D eigenvalue weighted by Gasteiger charge is 2.19. The van der Waals surface area contributed by atoms with Crippen LogP contribution < -0.4 is 0 Å². The van der Waals surface area contributed by atoms with Crippen LogP contribution in [0.4, 0.5) is 5.69 Å². The van der Waals surface area contributed by atoms with Crippen molar-refractivity contribution in [2.75, 3.05) is 6.54 Å². The Morgan fingerprint density at radius 2 is 2.04 bits per heavy atom. The molecule has 0 amide bonds. The van der Waals surface area contributed by atoms with Crippen LogP contribution in [0.15, 0.2) is 47.0 Å². The van der Waals surface area contributed by atoms with Gasteiger partial charge in [0.15, 0.2) is 0 Å². The van der Waals surface area contributed by atoms with Gasteiger partial charge >= 0.3 is 0 Å². The number of fused-ring (bicyclic) bond motifs is 1. The molecule has 2 aromatic heterocycles. The van der Waals surface area contributed by atoms with Gasteiger partial charge in [-0.3, -0.25) is 15.0 Å². The fourth-order valence-electron chi connectivity index (χ4n) is 3.20. The van der Waals surface area contributed by atoms with E-state index < -0.39 is 4.92 Å². The van der Waals surface area contributed by atoms with Crippen molar-refractivity contribution in [1.82, 2.24) is 14.9 Å². The zero-order chi connectivity index (χ0) is 18.1. The van der Waals surface area contributed by atoms with Gasteiger partial charge in [-0.25, -0.2) is 9.97 Å². The molecule has 0 saturated heterocycles. The summed E-state index contributed by atoms with van der Waals surface area (Å²) in [5, 5.41) is 10.7. The fourth-order valence-corrected chi connectivity index (χ4v) is 3.20. The molecule has 4 rings (SSSR count). The summed E-state index contributed by atoms with van der Waals surface area (Å²) in [6.45, 7) is 4.36. The van der Waals surface area contributed by atoms with E-state index in [-0.39, 0.29) is 5.69 Å². The minimum Gasteiger partial charge on any atom is -0.460 e. The summed E-state index contributed by atoms with van der Waals surface area (Å²) in [5.74, 6) is 2.40. The van der Waals surface area contributed by atoms with Crippen LogP contribution in [-0.2, 0) is 19.5 Å². The van der Waals surface area contributed by atoms with Gasteiger partial charge in [-0.15, -0.1) is 0 Å². The molecule has 1 aliphatic rings. The summed E-state index contributed by atoms with van der Waals surface area (Å²) >= 11 is 0. The standard InChI is InChI=1S/C19H18N4O3/c1-13-20-10-15-11-22(9-8-18(15)21-13)12-17-6-7-19(26-17)14-2-4-16(5-3-14)23(24)25/h2-7,10H,8-9,11-12H2,1H3. The third kappa shape index (κ3) is 3.34. The first-order valence-corrected chi connectivity index (χ1v) is 8.46. The highest BCUT2D eigenvalue weighted by atomic mass is 16.6. The van der Waals surface area contributed by atoms with Crippen molar-refractivity contribution in [1.29, 1.82) is 0 Å². The van der Waals surface area contributed by atoms with Crippen molar-refractivity contribution in [2.24, 2.45) is 0 Å². The highest BCUT2D eigenvalue weighted by Crippen LogP contribution is 2.26. The number of aromatic nitrogens is 2. The Bertz CT molecular complexity index is 950. The predicted molar refractivity (Wildman–Crippen MR) is 95.4 cm³/mol. The van der Waals surface area contributed by atoms with Crippen molar-refractivity contribution in [3.8, 4) is 11.3 Å². The third-order valence-electron chi connectivity index (χ3n) is 4.54. The lowest BCUT2D eigenvalue weighted by atomic mass is 10.1. The Balaban J connectivity index is 1.45. The number of rotatable bonds is 4. The van der Waals surface area contributed by atoms with Gasteiger partial charge in [0.05, 0.1) is 11.5 Å². The normalized spacial score (nSPS) is 14.2. The zero-order valence-electron chi connectivity index (χ0n) is 14.4. The largest absolute Gasteiger partial charge is 0.460 e. The third-order valence-corrected chi connectivity index (χ3v) is 4.54. The Hall–Kier alpha value is -3.06. The van der Waals surface area contributed by atoms with Crippen LogP contribution in [-0.4, -0.2) is 26.3 Å². The van der Waals surface area contributed by atoms with Crippen LogP contribution in [0.5, 0.6) is 0 Å². The minimum absolute atomic E-state index is 0.0740. The topological polar surface area (TPSA) is 85.3 Å². The van der Waals surface area contributed by atoms with Crippen LogP contribution in [0, 0.1) is 17.0 Å². The molecule has 1 aliphatic heterocycles. The molecule has 0 saturated carbocycles. The quantitative estimate of drug-likeness (QED) is 0.529. The summed E-state index contributed by atoms with van der Waals surface area (Å²) in [6.07, 6.45) is 2.82. The molecule has 0 aliphatic carbocycles. The van der Waals surface area contributed by atoms with E-state index in [1.807, 2.05) is 25.3 Å². The zero-order valence-corrected chi connectivity index (χ0v) is 14.4. The summed E-state index contributed by atoms with van der Waals surface area (Å²) in [5.41, 5.74) is 3.21. The van der Waals surface area contributed by atoms with Crippen molar-refractivity contribution in [2.45, 2.75) is 26.4 Å². The molecule has 3 aromatic rings. The molecule has 1 aromatic carbocycles. The first-order chi connectivity index (χ1) is 12.6. The van der Waals surface area contributed by atoms with Gasteiger partial charge in [0.1, 0.15) is 17.3 Å². The van der Waals surface area contributed by atoms with Crippen molar-refractivity contribution in [3.63, 3.8) is 0 Å². The highest BCUT2D eigenvalue weighted by molar-refractivity contribution is 5.59. The molecule has 0 bridgehead atoms. The maximum atomic E-state index is 10.7. The van der Waals surface area contributed by atoms with E-state index >= 15 is 0 Å². The van der Waals surface area contributed by atoms with E-state index in [4.69, 9.17) is 4.42 Å². The summed E-state index contributed by atoms with van der Waals surface area (Å²) < 4.78 is 5.94. The van der Waals surface area contributed by atoms with E-state index in [1.54, 1.807) is 12.1 Å². The maximum Gasteiger partial charge on any atom is 0.269 e. The van der Waals surface area contributed by atoms with Crippen LogP contribution in [0.25, 0.3) is 11.3 Å². The Kier molecular flexibility index (Phi) is 4.22. The molecule has 0 radical (unpaired) electrons. The van der Waals surface area contributed by atoms with Crippen LogP contribution in [0.1, 0.15) is 22.8 Å². The van der Waals surface area contributed by atoms with Gasteiger partial charge in [-0.05, 0) is 31.2 Å². The van der Waals surface area contributed by atoms with Crippen LogP contribution in [0.2, 0.25) is 0 Å². The number of furan rings is 1. The van der Waals surface area contributed by atoms with Crippen LogP contribution in [0.3, 0.4) is 0 Å². The smallest absolute Gasteiger partial charge is 0.269 e. The second-order valence-corrected chi connectivity index (χ2v) is 6.42. The molecule has 26 heavy (non-hydrogen) atoms. The van der Waals surface area contributed by atoms with E-state index in [9.17, 15) is 10.1 Å². The first-order valence-electron chi connectivity index (χ1n) is 8.46.